The van der Waals surface area contributed by atoms with Crippen molar-refractivity contribution in [1.29, 1.82) is 0 Å². The van der Waals surface area contributed by atoms with Gasteiger partial charge < -0.3 is 10.6 Å². The average Bonchev–Trinajstić information content (AvgIpc) is 2.76. The maximum absolute atomic E-state index is 12.5. The van der Waals surface area contributed by atoms with E-state index < -0.39 is 17.8 Å². The Morgan fingerprint density at radius 1 is 1.41 bits per heavy atom. The lowest BCUT2D eigenvalue weighted by atomic mass is 10.0. The first-order chi connectivity index (χ1) is 8.00. The molecule has 1 aliphatic rings. The number of rotatable bonds is 2. The van der Waals surface area contributed by atoms with Crippen molar-refractivity contribution in [3.8, 4) is 0 Å². The van der Waals surface area contributed by atoms with Gasteiger partial charge in [0.25, 0.3) is 0 Å². The van der Waals surface area contributed by atoms with Crippen LogP contribution in [0.3, 0.4) is 0 Å². The summed E-state index contributed by atoms with van der Waals surface area (Å²) < 4.78 is 37.5. The van der Waals surface area contributed by atoms with E-state index in [1.807, 2.05) is 0 Å². The number of nitrogens with two attached hydrogens (primary N) is 1. The molecule has 1 heterocycles. The predicted octanol–water partition coefficient (Wildman–Crippen LogP) is 2.48. The standard InChI is InChI=1S/C11H11F3N2O/c12-11(13,14)8-3-1-2-7(4-8)10-5-9(6-15)16-17-10/h1-4,10H,5-6,15H2. The second-order valence-electron chi connectivity index (χ2n) is 3.78. The van der Waals surface area contributed by atoms with E-state index in [1.165, 1.54) is 6.07 Å². The minimum atomic E-state index is -4.34. The summed E-state index contributed by atoms with van der Waals surface area (Å²) in [7, 11) is 0. The van der Waals surface area contributed by atoms with Crippen LogP contribution in [-0.2, 0) is 11.0 Å². The molecule has 0 amide bonds. The van der Waals surface area contributed by atoms with Gasteiger partial charge in [0.05, 0.1) is 11.3 Å². The molecule has 2 rings (SSSR count). The number of alkyl halides is 3. The van der Waals surface area contributed by atoms with Gasteiger partial charge in [-0.2, -0.15) is 13.2 Å². The van der Waals surface area contributed by atoms with Crippen molar-refractivity contribution in [3.05, 3.63) is 35.4 Å². The molecule has 1 aromatic rings. The smallest absolute Gasteiger partial charge is 0.387 e. The summed E-state index contributed by atoms with van der Waals surface area (Å²) in [5.41, 5.74) is 5.83. The molecular weight excluding hydrogens is 233 g/mol. The van der Waals surface area contributed by atoms with E-state index >= 15 is 0 Å². The van der Waals surface area contributed by atoms with Gasteiger partial charge in [-0.25, -0.2) is 0 Å². The molecule has 1 unspecified atom stereocenters. The lowest BCUT2D eigenvalue weighted by Gasteiger charge is -2.12. The third-order valence-corrected chi connectivity index (χ3v) is 2.55. The third-order valence-electron chi connectivity index (χ3n) is 2.55. The van der Waals surface area contributed by atoms with Crippen molar-refractivity contribution in [2.75, 3.05) is 6.54 Å². The van der Waals surface area contributed by atoms with Crippen LogP contribution in [0.2, 0.25) is 0 Å². The number of benzene rings is 1. The van der Waals surface area contributed by atoms with Crippen LogP contribution in [0, 0.1) is 0 Å². The second kappa shape index (κ2) is 4.37. The van der Waals surface area contributed by atoms with Crippen LogP contribution in [0.4, 0.5) is 13.2 Å². The Morgan fingerprint density at radius 2 is 2.18 bits per heavy atom. The summed E-state index contributed by atoms with van der Waals surface area (Å²) in [6.07, 6.45) is -4.36. The highest BCUT2D eigenvalue weighted by Gasteiger charge is 2.32. The zero-order valence-corrected chi connectivity index (χ0v) is 8.87. The molecule has 3 nitrogen and oxygen atoms in total. The molecule has 0 bridgehead atoms. The van der Waals surface area contributed by atoms with Gasteiger partial charge >= 0.3 is 6.18 Å². The molecular formula is C11H11F3N2O. The predicted molar refractivity (Wildman–Crippen MR) is 56.4 cm³/mol. The SMILES string of the molecule is NCC1=NOC(c2cccc(C(F)(F)F)c2)C1. The summed E-state index contributed by atoms with van der Waals surface area (Å²) in [6.45, 7) is 0.259. The monoisotopic (exact) mass is 244 g/mol. The van der Waals surface area contributed by atoms with Crippen molar-refractivity contribution < 1.29 is 18.0 Å². The molecule has 0 saturated heterocycles. The molecule has 2 N–H and O–H groups in total. The van der Waals surface area contributed by atoms with Crippen LogP contribution in [0.5, 0.6) is 0 Å². The molecule has 0 aliphatic carbocycles. The van der Waals surface area contributed by atoms with E-state index in [4.69, 9.17) is 10.6 Å². The lowest BCUT2D eigenvalue weighted by molar-refractivity contribution is -0.137. The molecule has 1 atom stereocenters. The van der Waals surface area contributed by atoms with E-state index in [0.29, 0.717) is 17.7 Å². The molecule has 92 valence electrons. The Balaban J connectivity index is 2.18. The zero-order chi connectivity index (χ0) is 12.5. The Hall–Kier alpha value is -1.56. The molecule has 0 spiro atoms. The molecule has 0 aromatic heterocycles. The molecule has 0 radical (unpaired) electrons. The van der Waals surface area contributed by atoms with Crippen LogP contribution in [0.1, 0.15) is 23.7 Å². The molecule has 0 fully saturated rings. The van der Waals surface area contributed by atoms with Gasteiger partial charge in [-0.05, 0) is 17.7 Å². The van der Waals surface area contributed by atoms with Crippen molar-refractivity contribution in [3.63, 3.8) is 0 Å². The van der Waals surface area contributed by atoms with Crippen molar-refractivity contribution in [2.24, 2.45) is 10.9 Å². The number of oxime groups is 1. The second-order valence-corrected chi connectivity index (χ2v) is 3.78. The largest absolute Gasteiger partial charge is 0.416 e. The van der Waals surface area contributed by atoms with Crippen LogP contribution in [0.25, 0.3) is 0 Å². The molecule has 1 aliphatic heterocycles. The Labute approximate surface area is 96.0 Å². The van der Waals surface area contributed by atoms with E-state index in [9.17, 15) is 13.2 Å². The molecule has 1 aromatic carbocycles. The highest BCUT2D eigenvalue weighted by Crippen LogP contribution is 2.33. The minimum absolute atomic E-state index is 0.259. The fourth-order valence-electron chi connectivity index (χ4n) is 1.64. The van der Waals surface area contributed by atoms with Gasteiger partial charge in [0.2, 0.25) is 0 Å². The normalized spacial score (nSPS) is 20.0. The number of nitrogens with zero attached hydrogens (tertiary/aromatic N) is 1. The third kappa shape index (κ3) is 2.58. The van der Waals surface area contributed by atoms with Gasteiger partial charge in [-0.1, -0.05) is 17.3 Å². The van der Waals surface area contributed by atoms with Crippen LogP contribution in [0.15, 0.2) is 29.4 Å². The van der Waals surface area contributed by atoms with Crippen LogP contribution < -0.4 is 5.73 Å². The minimum Gasteiger partial charge on any atom is -0.387 e. The molecule has 17 heavy (non-hydrogen) atoms. The first-order valence-corrected chi connectivity index (χ1v) is 5.09. The molecule has 0 saturated carbocycles. The Kier molecular flexibility index (Phi) is 3.06. The lowest BCUT2D eigenvalue weighted by Crippen LogP contribution is -2.12. The van der Waals surface area contributed by atoms with Gasteiger partial charge in [0.15, 0.2) is 6.10 Å². The van der Waals surface area contributed by atoms with E-state index in [0.717, 1.165) is 12.1 Å². The summed E-state index contributed by atoms with van der Waals surface area (Å²) >= 11 is 0. The summed E-state index contributed by atoms with van der Waals surface area (Å²) in [6, 6.07) is 5.07. The van der Waals surface area contributed by atoms with Crippen LogP contribution in [-0.4, -0.2) is 12.3 Å². The first-order valence-electron chi connectivity index (χ1n) is 5.09. The van der Waals surface area contributed by atoms with Crippen molar-refractivity contribution in [1.82, 2.24) is 0 Å². The fourth-order valence-corrected chi connectivity index (χ4v) is 1.64. The van der Waals surface area contributed by atoms with Crippen LogP contribution >= 0.6 is 0 Å². The highest BCUT2D eigenvalue weighted by molar-refractivity contribution is 5.87. The van der Waals surface area contributed by atoms with Gasteiger partial charge in [0, 0.05) is 13.0 Å². The van der Waals surface area contributed by atoms with E-state index in [2.05, 4.69) is 5.16 Å². The first kappa shape index (κ1) is 11.9. The van der Waals surface area contributed by atoms with Crippen molar-refractivity contribution in [2.45, 2.75) is 18.7 Å². The van der Waals surface area contributed by atoms with Crippen molar-refractivity contribution >= 4 is 5.71 Å². The zero-order valence-electron chi connectivity index (χ0n) is 8.87. The molecule has 6 heteroatoms. The van der Waals surface area contributed by atoms with Gasteiger partial charge in [-0.3, -0.25) is 0 Å². The number of halogens is 3. The Bertz CT molecular complexity index is 443. The summed E-state index contributed by atoms with van der Waals surface area (Å²) in [5.74, 6) is 0. The van der Waals surface area contributed by atoms with Gasteiger partial charge in [-0.15, -0.1) is 0 Å². The number of hydrogen-bond acceptors (Lipinski definition) is 3. The summed E-state index contributed by atoms with van der Waals surface area (Å²) in [5, 5.41) is 3.71. The van der Waals surface area contributed by atoms with E-state index in [1.54, 1.807) is 6.07 Å². The topological polar surface area (TPSA) is 47.6 Å². The maximum Gasteiger partial charge on any atom is 0.416 e. The maximum atomic E-state index is 12.5. The quantitative estimate of drug-likeness (QED) is 0.868. The van der Waals surface area contributed by atoms with Gasteiger partial charge in [0.1, 0.15) is 0 Å². The Morgan fingerprint density at radius 3 is 2.76 bits per heavy atom. The average molecular weight is 244 g/mol. The van der Waals surface area contributed by atoms with E-state index in [-0.39, 0.29) is 6.54 Å². The number of hydrogen-bond donors (Lipinski definition) is 1. The highest BCUT2D eigenvalue weighted by atomic mass is 19.4. The summed E-state index contributed by atoms with van der Waals surface area (Å²) in [4.78, 5) is 5.05. The fraction of sp³-hybridized carbons (Fsp3) is 0.364.